The minimum atomic E-state index is -4.69. The van der Waals surface area contributed by atoms with Gasteiger partial charge in [-0.1, -0.05) is 48.5 Å². The van der Waals surface area contributed by atoms with Gasteiger partial charge in [-0.2, -0.15) is 13.2 Å². The van der Waals surface area contributed by atoms with Crippen molar-refractivity contribution in [2.24, 2.45) is 0 Å². The van der Waals surface area contributed by atoms with E-state index in [1.807, 2.05) is 0 Å². The van der Waals surface area contributed by atoms with Gasteiger partial charge in [-0.3, -0.25) is 9.59 Å². The fraction of sp³-hybridized carbons (Fsp3) is 0.194. The van der Waals surface area contributed by atoms with Crippen molar-refractivity contribution in [2.75, 3.05) is 14.2 Å². The topological polar surface area (TPSA) is 81.7 Å². The van der Waals surface area contributed by atoms with Gasteiger partial charge in [0.05, 0.1) is 25.3 Å². The summed E-state index contributed by atoms with van der Waals surface area (Å²) >= 11 is 0. The second kappa shape index (κ2) is 11.8. The van der Waals surface area contributed by atoms with Gasteiger partial charge >= 0.3 is 12.1 Å². The summed E-state index contributed by atoms with van der Waals surface area (Å²) in [5.41, 5.74) is 0.139. The third-order valence-electron chi connectivity index (χ3n) is 6.75. The summed E-state index contributed by atoms with van der Waals surface area (Å²) in [7, 11) is 2.37. The zero-order chi connectivity index (χ0) is 29.9. The van der Waals surface area contributed by atoms with Crippen LogP contribution in [-0.4, -0.2) is 38.4 Å². The van der Waals surface area contributed by atoms with Crippen molar-refractivity contribution in [3.63, 3.8) is 0 Å². The highest BCUT2D eigenvalue weighted by atomic mass is 19.4. The second-order valence-corrected chi connectivity index (χ2v) is 9.26. The average Bonchev–Trinajstić information content (AvgIpc) is 2.94. The quantitative estimate of drug-likeness (QED) is 0.153. The average molecular weight is 568 g/mol. The number of methoxy groups -OCH3 is 2. The van der Waals surface area contributed by atoms with Gasteiger partial charge in [0.15, 0.2) is 6.29 Å². The molecule has 6 nitrogen and oxygen atoms in total. The number of aryl methyl sites for hydroxylation is 1. The smallest absolute Gasteiger partial charge is 0.416 e. The van der Waals surface area contributed by atoms with Crippen LogP contribution in [0.25, 0.3) is 21.9 Å². The van der Waals surface area contributed by atoms with E-state index in [1.54, 1.807) is 49.4 Å². The number of aldehydes is 1. The number of esters is 1. The Balaban J connectivity index is 1.80. The number of rotatable bonds is 8. The molecule has 212 valence electrons. The molecule has 4 rings (SSSR count). The van der Waals surface area contributed by atoms with Crippen molar-refractivity contribution in [1.29, 1.82) is 0 Å². The maximum absolute atomic E-state index is 14.4. The molecule has 4 aromatic carbocycles. The molecule has 0 fully saturated rings. The largest absolute Gasteiger partial charge is 0.496 e. The molecule has 1 amide bonds. The Labute approximate surface area is 232 Å². The molecule has 0 saturated heterocycles. The molecule has 0 aliphatic heterocycles. The first-order chi connectivity index (χ1) is 19.5. The molecule has 0 radical (unpaired) electrons. The predicted molar refractivity (Wildman–Crippen MR) is 144 cm³/mol. The summed E-state index contributed by atoms with van der Waals surface area (Å²) < 4.78 is 65.0. The van der Waals surface area contributed by atoms with Gasteiger partial charge in [0, 0.05) is 17.5 Å². The number of fused-ring (bicyclic) bond motifs is 1. The molecule has 0 heterocycles. The van der Waals surface area contributed by atoms with Crippen LogP contribution < -0.4 is 10.1 Å². The highest BCUT2D eigenvalue weighted by Gasteiger charge is 2.33. The van der Waals surface area contributed by atoms with E-state index in [0.29, 0.717) is 33.7 Å². The predicted octanol–water partition coefficient (Wildman–Crippen LogP) is 6.31. The lowest BCUT2D eigenvalue weighted by Crippen LogP contribution is -2.43. The summed E-state index contributed by atoms with van der Waals surface area (Å²) in [4.78, 5) is 37.6. The molecule has 10 heteroatoms. The highest BCUT2D eigenvalue weighted by molar-refractivity contribution is 6.04. The number of hydrogen-bond acceptors (Lipinski definition) is 5. The highest BCUT2D eigenvalue weighted by Crippen LogP contribution is 2.42. The minimum Gasteiger partial charge on any atom is -0.496 e. The van der Waals surface area contributed by atoms with E-state index < -0.39 is 35.5 Å². The standard InChI is InChI=1S/C31H25F4NO5/c1-17-7-4-12-24(32)27(17)29(38)36-25(30(39)41-3)14-18-8-5-10-22-21(18)9-6-11-23(22)28-19(16-37)13-20(31(33,34)35)15-26(28)40-2/h4-13,15-16,25H,14H2,1-3H3,(H,36,38)/t25-/m0/s1. The lowest BCUT2D eigenvalue weighted by atomic mass is 9.90. The Morgan fingerprint density at radius 2 is 1.66 bits per heavy atom. The number of benzene rings is 4. The molecular formula is C31H25F4NO5. The van der Waals surface area contributed by atoms with Crippen molar-refractivity contribution in [2.45, 2.75) is 25.6 Å². The van der Waals surface area contributed by atoms with E-state index in [-0.39, 0.29) is 28.9 Å². The van der Waals surface area contributed by atoms with E-state index in [1.165, 1.54) is 13.2 Å². The molecule has 0 aromatic heterocycles. The van der Waals surface area contributed by atoms with Gasteiger partial charge in [0.1, 0.15) is 17.6 Å². The second-order valence-electron chi connectivity index (χ2n) is 9.26. The Bertz CT molecular complexity index is 1630. The van der Waals surface area contributed by atoms with Crippen LogP contribution in [0.2, 0.25) is 0 Å². The summed E-state index contributed by atoms with van der Waals surface area (Å²) in [6, 6.07) is 14.7. The number of hydrogen-bond donors (Lipinski definition) is 1. The number of alkyl halides is 3. The first-order valence-corrected chi connectivity index (χ1v) is 12.4. The molecule has 1 N–H and O–H groups in total. The van der Waals surface area contributed by atoms with E-state index in [9.17, 15) is 31.9 Å². The number of carbonyl (C=O) groups excluding carboxylic acids is 3. The summed E-state index contributed by atoms with van der Waals surface area (Å²) in [6.07, 6.45) is -4.40. The Morgan fingerprint density at radius 1 is 0.976 bits per heavy atom. The van der Waals surface area contributed by atoms with Crippen molar-refractivity contribution in [1.82, 2.24) is 5.32 Å². The van der Waals surface area contributed by atoms with Crippen LogP contribution in [0.5, 0.6) is 5.75 Å². The maximum Gasteiger partial charge on any atom is 0.416 e. The number of carbonyl (C=O) groups is 3. The fourth-order valence-electron chi connectivity index (χ4n) is 4.82. The summed E-state index contributed by atoms with van der Waals surface area (Å²) in [6.45, 7) is 1.57. The van der Waals surface area contributed by atoms with Crippen LogP contribution in [-0.2, 0) is 22.1 Å². The molecule has 0 aliphatic rings. The zero-order valence-electron chi connectivity index (χ0n) is 22.3. The van der Waals surface area contributed by atoms with Crippen LogP contribution in [0, 0.1) is 12.7 Å². The Hall–Kier alpha value is -4.73. The molecule has 0 spiro atoms. The molecule has 1 atom stereocenters. The van der Waals surface area contributed by atoms with Gasteiger partial charge in [-0.15, -0.1) is 0 Å². The molecule has 0 aliphatic carbocycles. The van der Waals surface area contributed by atoms with Gasteiger partial charge in [-0.05, 0) is 52.6 Å². The Kier molecular flexibility index (Phi) is 8.41. The minimum absolute atomic E-state index is 0.0443. The first-order valence-electron chi connectivity index (χ1n) is 12.4. The number of halogens is 4. The van der Waals surface area contributed by atoms with Crippen LogP contribution in [0.1, 0.15) is 37.4 Å². The van der Waals surface area contributed by atoms with Crippen LogP contribution >= 0.6 is 0 Å². The number of nitrogens with one attached hydrogen (secondary N) is 1. The molecule has 0 bridgehead atoms. The normalized spacial score (nSPS) is 12.1. The van der Waals surface area contributed by atoms with Crippen LogP contribution in [0.15, 0.2) is 66.7 Å². The lowest BCUT2D eigenvalue weighted by Gasteiger charge is -2.20. The van der Waals surface area contributed by atoms with Crippen molar-refractivity contribution in [3.05, 3.63) is 100 Å². The monoisotopic (exact) mass is 567 g/mol. The van der Waals surface area contributed by atoms with Crippen molar-refractivity contribution >= 4 is 28.9 Å². The summed E-state index contributed by atoms with van der Waals surface area (Å²) in [5, 5.41) is 3.72. The van der Waals surface area contributed by atoms with E-state index in [4.69, 9.17) is 9.47 Å². The molecular weight excluding hydrogens is 542 g/mol. The lowest BCUT2D eigenvalue weighted by molar-refractivity contribution is -0.143. The van der Waals surface area contributed by atoms with Gasteiger partial charge in [-0.25, -0.2) is 9.18 Å². The fourth-order valence-corrected chi connectivity index (χ4v) is 4.82. The SMILES string of the molecule is COC(=O)[C@H](Cc1cccc2c(-c3c(C=O)cc(C(F)(F)F)cc3OC)cccc12)NC(=O)c1c(C)cccc1F. The van der Waals surface area contributed by atoms with Gasteiger partial charge in [0.2, 0.25) is 0 Å². The zero-order valence-corrected chi connectivity index (χ0v) is 22.3. The van der Waals surface area contributed by atoms with Crippen LogP contribution in [0.4, 0.5) is 17.6 Å². The first kappa shape index (κ1) is 29.3. The van der Waals surface area contributed by atoms with E-state index >= 15 is 0 Å². The van der Waals surface area contributed by atoms with E-state index in [2.05, 4.69) is 5.32 Å². The summed E-state index contributed by atoms with van der Waals surface area (Å²) in [5.74, 6) is -2.42. The van der Waals surface area contributed by atoms with Crippen LogP contribution in [0.3, 0.4) is 0 Å². The Morgan fingerprint density at radius 3 is 2.29 bits per heavy atom. The van der Waals surface area contributed by atoms with Gasteiger partial charge < -0.3 is 14.8 Å². The third kappa shape index (κ3) is 5.91. The molecule has 41 heavy (non-hydrogen) atoms. The van der Waals surface area contributed by atoms with Crippen molar-refractivity contribution in [3.8, 4) is 16.9 Å². The molecule has 0 saturated carbocycles. The molecule has 0 unspecified atom stereocenters. The number of ether oxygens (including phenoxy) is 2. The van der Waals surface area contributed by atoms with Gasteiger partial charge in [0.25, 0.3) is 5.91 Å². The number of amides is 1. The third-order valence-corrected chi connectivity index (χ3v) is 6.75. The maximum atomic E-state index is 14.4. The molecule has 4 aromatic rings. The van der Waals surface area contributed by atoms with E-state index in [0.717, 1.165) is 25.3 Å². The van der Waals surface area contributed by atoms with Crippen molar-refractivity contribution < 1.29 is 41.4 Å².